The fourth-order valence-electron chi connectivity index (χ4n) is 4.55. The Hall–Kier alpha value is -3.46. The van der Waals surface area contributed by atoms with Crippen molar-refractivity contribution in [2.75, 3.05) is 25.6 Å². The van der Waals surface area contributed by atoms with Gasteiger partial charge < -0.3 is 19.9 Å². The zero-order valence-corrected chi connectivity index (χ0v) is 17.9. The molecule has 5 heterocycles. The first-order chi connectivity index (χ1) is 15.7. The summed E-state index contributed by atoms with van der Waals surface area (Å²) < 4.78 is 9.45. The summed E-state index contributed by atoms with van der Waals surface area (Å²) in [7, 11) is 1.84. The van der Waals surface area contributed by atoms with E-state index in [4.69, 9.17) is 14.7 Å². The molecule has 1 saturated heterocycles. The van der Waals surface area contributed by atoms with E-state index >= 15 is 0 Å². The van der Waals surface area contributed by atoms with Crippen LogP contribution in [0.5, 0.6) is 0 Å². The molecule has 32 heavy (non-hydrogen) atoms. The molecule has 3 aliphatic heterocycles. The standard InChI is InChI=1S/C23H25N7O2/c1-24-20-10-19(28-22-18(12-26-30(20)22)23(31)27-14-4-2-5-14)17-11-25-21-16(17)6-3-8-29(21)15-7-9-32-13-15/h3,6,8,10-12,14-15,24H,2,4-5,7,9,13H2,1H3,(H,27,31). The summed E-state index contributed by atoms with van der Waals surface area (Å²) in [6, 6.07) is 6.60. The highest BCUT2D eigenvalue weighted by molar-refractivity contribution is 6.00. The Kier molecular flexibility index (Phi) is 4.57. The van der Waals surface area contributed by atoms with E-state index in [2.05, 4.69) is 32.6 Å². The lowest BCUT2D eigenvalue weighted by atomic mass is 9.93. The molecule has 6 rings (SSSR count). The smallest absolute Gasteiger partial charge is 0.256 e. The molecular weight excluding hydrogens is 406 g/mol. The van der Waals surface area contributed by atoms with Gasteiger partial charge in [-0.1, -0.05) is 0 Å². The first-order valence-corrected chi connectivity index (χ1v) is 11.1. The number of carbonyl (C=O) groups excluding carboxylic acids is 1. The van der Waals surface area contributed by atoms with Crippen LogP contribution in [-0.2, 0) is 4.74 Å². The number of rotatable bonds is 5. The number of fused-ring (bicyclic) bond motifs is 2. The van der Waals surface area contributed by atoms with Crippen LogP contribution in [0, 0.1) is 0 Å². The molecule has 0 radical (unpaired) electrons. The van der Waals surface area contributed by atoms with E-state index in [1.165, 1.54) is 0 Å². The number of nitrogens with zero attached hydrogens (tertiary/aromatic N) is 5. The van der Waals surface area contributed by atoms with Gasteiger partial charge in [-0.05, 0) is 37.8 Å². The quantitative estimate of drug-likeness (QED) is 0.504. The molecule has 0 spiro atoms. The summed E-state index contributed by atoms with van der Waals surface area (Å²) in [5.74, 6) is 1.55. The van der Waals surface area contributed by atoms with Crippen molar-refractivity contribution in [3.63, 3.8) is 0 Å². The first-order valence-electron chi connectivity index (χ1n) is 11.1. The van der Waals surface area contributed by atoms with Crippen LogP contribution < -0.4 is 10.6 Å². The minimum absolute atomic E-state index is 0.124. The second-order valence-electron chi connectivity index (χ2n) is 8.51. The monoisotopic (exact) mass is 431 g/mol. The van der Waals surface area contributed by atoms with Gasteiger partial charge in [0.25, 0.3) is 5.91 Å². The van der Waals surface area contributed by atoms with Gasteiger partial charge in [0.1, 0.15) is 17.2 Å². The second kappa shape index (κ2) is 7.59. The van der Waals surface area contributed by atoms with Gasteiger partial charge in [0.05, 0.1) is 24.5 Å². The lowest BCUT2D eigenvalue weighted by molar-refractivity contribution is 0.0918. The van der Waals surface area contributed by atoms with Crippen LogP contribution in [0.1, 0.15) is 42.1 Å². The van der Waals surface area contributed by atoms with E-state index in [9.17, 15) is 4.79 Å². The Balaban J connectivity index is 1.43. The van der Waals surface area contributed by atoms with Crippen LogP contribution in [0.4, 0.5) is 5.82 Å². The van der Waals surface area contributed by atoms with Gasteiger partial charge in [0.2, 0.25) is 0 Å². The van der Waals surface area contributed by atoms with Crippen molar-refractivity contribution in [3.8, 4) is 22.6 Å². The minimum atomic E-state index is -0.124. The average molecular weight is 432 g/mol. The maximum absolute atomic E-state index is 12.9. The molecule has 2 aromatic rings. The highest BCUT2D eigenvalue weighted by Crippen LogP contribution is 2.36. The first kappa shape index (κ1) is 19.2. The molecule has 1 atom stereocenters. The van der Waals surface area contributed by atoms with E-state index in [0.717, 1.165) is 60.8 Å². The Morgan fingerprint density at radius 3 is 2.88 bits per heavy atom. The fourth-order valence-corrected chi connectivity index (χ4v) is 4.55. The predicted molar refractivity (Wildman–Crippen MR) is 120 cm³/mol. The van der Waals surface area contributed by atoms with Crippen molar-refractivity contribution in [2.24, 2.45) is 0 Å². The molecular formula is C23H25N7O2. The SMILES string of the molecule is CNc1cc(-c2cnc3n(C4CCOC4)cccc2-3)nc2c(C(=O)NC3CCC3)cnn12. The van der Waals surface area contributed by atoms with Crippen LogP contribution in [0.3, 0.4) is 0 Å². The average Bonchev–Trinajstić information content (AvgIpc) is 3.54. The highest BCUT2D eigenvalue weighted by atomic mass is 16.5. The lowest BCUT2D eigenvalue weighted by Gasteiger charge is -2.26. The summed E-state index contributed by atoms with van der Waals surface area (Å²) in [6.45, 7) is 1.48. The molecule has 2 N–H and O–H groups in total. The maximum Gasteiger partial charge on any atom is 0.256 e. The third-order valence-electron chi connectivity index (χ3n) is 6.59. The number of pyridine rings is 1. The molecule has 4 aliphatic rings. The van der Waals surface area contributed by atoms with Crippen LogP contribution in [0.2, 0.25) is 0 Å². The highest BCUT2D eigenvalue weighted by Gasteiger charge is 2.26. The molecule has 1 unspecified atom stereocenters. The zero-order valence-electron chi connectivity index (χ0n) is 17.9. The molecule has 2 aromatic heterocycles. The van der Waals surface area contributed by atoms with Gasteiger partial charge in [-0.3, -0.25) is 4.79 Å². The van der Waals surface area contributed by atoms with Gasteiger partial charge in [-0.2, -0.15) is 9.61 Å². The van der Waals surface area contributed by atoms with E-state index < -0.39 is 0 Å². The summed E-state index contributed by atoms with van der Waals surface area (Å²) in [4.78, 5) is 22.5. The van der Waals surface area contributed by atoms with Crippen molar-refractivity contribution in [1.82, 2.24) is 29.5 Å². The van der Waals surface area contributed by atoms with E-state index in [-0.39, 0.29) is 11.9 Å². The van der Waals surface area contributed by atoms with Crippen molar-refractivity contribution in [2.45, 2.75) is 37.8 Å². The zero-order chi connectivity index (χ0) is 21.7. The van der Waals surface area contributed by atoms with Gasteiger partial charge in [0, 0.05) is 49.3 Å². The van der Waals surface area contributed by atoms with Gasteiger partial charge in [-0.15, -0.1) is 0 Å². The Bertz CT molecular complexity index is 1270. The van der Waals surface area contributed by atoms with Crippen LogP contribution in [0.25, 0.3) is 28.3 Å². The summed E-state index contributed by atoms with van der Waals surface area (Å²) >= 11 is 0. The van der Waals surface area contributed by atoms with Crippen molar-refractivity contribution in [3.05, 3.63) is 42.4 Å². The molecule has 2 fully saturated rings. The third-order valence-corrected chi connectivity index (χ3v) is 6.59. The van der Waals surface area contributed by atoms with Gasteiger partial charge in [0.15, 0.2) is 5.65 Å². The molecule has 9 heteroatoms. The van der Waals surface area contributed by atoms with E-state index in [0.29, 0.717) is 23.9 Å². The summed E-state index contributed by atoms with van der Waals surface area (Å²) in [5, 5.41) is 10.7. The molecule has 1 aliphatic carbocycles. The molecule has 0 bridgehead atoms. The molecule has 1 amide bonds. The van der Waals surface area contributed by atoms with Crippen molar-refractivity contribution < 1.29 is 9.53 Å². The van der Waals surface area contributed by atoms with Crippen LogP contribution in [-0.4, -0.2) is 56.4 Å². The number of ether oxygens (including phenoxy) is 1. The predicted octanol–water partition coefficient (Wildman–Crippen LogP) is 2.98. The summed E-state index contributed by atoms with van der Waals surface area (Å²) in [6.07, 6.45) is 9.72. The topological polar surface area (TPSA) is 98.4 Å². The number of carbonyl (C=O) groups is 1. The molecule has 0 aromatic carbocycles. The molecule has 9 nitrogen and oxygen atoms in total. The third kappa shape index (κ3) is 3.03. The molecule has 1 saturated carbocycles. The summed E-state index contributed by atoms with van der Waals surface area (Å²) in [5.41, 5.74) is 3.73. The number of nitrogens with one attached hydrogen (secondary N) is 2. The van der Waals surface area contributed by atoms with Gasteiger partial charge in [-0.25, -0.2) is 9.97 Å². The number of aromatic nitrogens is 5. The van der Waals surface area contributed by atoms with E-state index in [1.807, 2.05) is 25.4 Å². The number of hydrogen-bond donors (Lipinski definition) is 2. The minimum Gasteiger partial charge on any atom is -0.379 e. The van der Waals surface area contributed by atoms with Gasteiger partial charge >= 0.3 is 0 Å². The number of hydrogen-bond acceptors (Lipinski definition) is 6. The second-order valence-corrected chi connectivity index (χ2v) is 8.51. The van der Waals surface area contributed by atoms with Crippen molar-refractivity contribution in [1.29, 1.82) is 0 Å². The Morgan fingerprint density at radius 2 is 2.12 bits per heavy atom. The van der Waals surface area contributed by atoms with Crippen LogP contribution >= 0.6 is 0 Å². The Labute approximate surface area is 185 Å². The lowest BCUT2D eigenvalue weighted by Crippen LogP contribution is -2.39. The van der Waals surface area contributed by atoms with E-state index in [1.54, 1.807) is 10.7 Å². The largest absolute Gasteiger partial charge is 0.379 e. The number of anilines is 1. The number of amides is 1. The normalized spacial score (nSPS) is 18.8. The Morgan fingerprint density at radius 1 is 1.22 bits per heavy atom. The maximum atomic E-state index is 12.9. The fraction of sp³-hybridized carbons (Fsp3) is 0.391. The van der Waals surface area contributed by atoms with Crippen LogP contribution in [0.15, 0.2) is 36.8 Å². The molecule has 164 valence electrons. The van der Waals surface area contributed by atoms with Crippen molar-refractivity contribution >= 4 is 17.4 Å².